The molecule has 3 rings (SSSR count). The number of nitrogens with zero attached hydrogens (tertiary/aromatic N) is 4. The van der Waals surface area contributed by atoms with Gasteiger partial charge in [-0.3, -0.25) is 0 Å². The van der Waals surface area contributed by atoms with Crippen LogP contribution in [0.25, 0.3) is 0 Å². The third-order valence-corrected chi connectivity index (χ3v) is 5.32. The summed E-state index contributed by atoms with van der Waals surface area (Å²) in [6.45, 7) is 6.97. The second-order valence-corrected chi connectivity index (χ2v) is 8.16. The normalized spacial score (nSPS) is 24.9. The molecule has 1 spiro atoms. The van der Waals surface area contributed by atoms with Gasteiger partial charge >= 0.3 is 0 Å². The highest BCUT2D eigenvalue weighted by Crippen LogP contribution is 2.44. The number of hydrogen-bond acceptors (Lipinski definition) is 5. The van der Waals surface area contributed by atoms with Crippen molar-refractivity contribution < 1.29 is 5.11 Å². The molecule has 1 aromatic rings. The maximum absolute atomic E-state index is 10.0. The van der Waals surface area contributed by atoms with E-state index in [2.05, 4.69) is 9.88 Å². The van der Waals surface area contributed by atoms with Gasteiger partial charge in [-0.15, -0.1) is 0 Å². The lowest BCUT2D eigenvalue weighted by Gasteiger charge is -2.41. The van der Waals surface area contributed by atoms with Crippen LogP contribution >= 0.6 is 0 Å². The molecule has 1 aliphatic heterocycles. The van der Waals surface area contributed by atoms with Crippen molar-refractivity contribution in [1.82, 2.24) is 14.9 Å². The number of aromatic nitrogens is 2. The Morgan fingerprint density at radius 3 is 2.83 bits per heavy atom. The highest BCUT2D eigenvalue weighted by molar-refractivity contribution is 5.39. The first kappa shape index (κ1) is 16.7. The van der Waals surface area contributed by atoms with Crippen LogP contribution in [0.3, 0.4) is 0 Å². The summed E-state index contributed by atoms with van der Waals surface area (Å²) in [4.78, 5) is 13.9. The summed E-state index contributed by atoms with van der Waals surface area (Å²) in [5.74, 6) is 0.818. The average Bonchev–Trinajstić information content (AvgIpc) is 2.83. The molecule has 0 radical (unpaired) electrons. The van der Waals surface area contributed by atoms with Crippen LogP contribution in [0.1, 0.15) is 50.8 Å². The molecule has 1 aromatic heterocycles. The van der Waals surface area contributed by atoms with E-state index in [9.17, 15) is 5.11 Å². The molecule has 2 heterocycles. The summed E-state index contributed by atoms with van der Waals surface area (Å²) in [5, 5.41) is 10.0. The number of anilines is 1. The van der Waals surface area contributed by atoms with Crippen LogP contribution < -0.4 is 4.90 Å². The largest absolute Gasteiger partial charge is 0.390 e. The van der Waals surface area contributed by atoms with E-state index in [1.54, 1.807) is 0 Å². The van der Waals surface area contributed by atoms with Gasteiger partial charge in [0, 0.05) is 38.8 Å². The zero-order chi connectivity index (χ0) is 16.7. The molecule has 1 fully saturated rings. The summed E-state index contributed by atoms with van der Waals surface area (Å²) in [5.41, 5.74) is 2.23. The van der Waals surface area contributed by atoms with Crippen LogP contribution in [-0.2, 0) is 11.8 Å². The van der Waals surface area contributed by atoms with Crippen LogP contribution in [0.4, 0.5) is 5.95 Å². The van der Waals surface area contributed by atoms with Crippen LogP contribution in [0.2, 0.25) is 0 Å². The molecule has 0 bridgehead atoms. The second kappa shape index (κ2) is 6.02. The van der Waals surface area contributed by atoms with Crippen molar-refractivity contribution in [1.29, 1.82) is 0 Å². The van der Waals surface area contributed by atoms with Gasteiger partial charge in [0.2, 0.25) is 5.95 Å². The van der Waals surface area contributed by atoms with Gasteiger partial charge in [0.1, 0.15) is 0 Å². The van der Waals surface area contributed by atoms with Gasteiger partial charge in [-0.25, -0.2) is 9.97 Å². The third-order valence-electron chi connectivity index (χ3n) is 5.32. The molecule has 1 aliphatic carbocycles. The lowest BCUT2D eigenvalue weighted by atomic mass is 9.77. The van der Waals surface area contributed by atoms with Crippen LogP contribution in [0.5, 0.6) is 0 Å². The molecule has 1 N–H and O–H groups in total. The SMILES string of the molecule is CN(C)c1ncc2c(n1)C1(CCCN(CCC(C)(C)O)C1)CC2. The molecule has 1 unspecified atom stereocenters. The molecule has 0 aromatic carbocycles. The number of aryl methyl sites for hydroxylation is 1. The first-order valence-corrected chi connectivity index (χ1v) is 8.78. The Balaban J connectivity index is 1.80. The number of piperidine rings is 1. The van der Waals surface area contributed by atoms with Gasteiger partial charge in [0.15, 0.2) is 0 Å². The average molecular weight is 318 g/mol. The minimum Gasteiger partial charge on any atom is -0.390 e. The summed E-state index contributed by atoms with van der Waals surface area (Å²) in [7, 11) is 4.00. The number of hydrogen-bond donors (Lipinski definition) is 1. The van der Waals surface area contributed by atoms with Gasteiger partial charge in [-0.05, 0) is 58.1 Å². The van der Waals surface area contributed by atoms with E-state index in [1.165, 1.54) is 30.5 Å². The number of fused-ring (bicyclic) bond motifs is 2. The fraction of sp³-hybridized carbons (Fsp3) is 0.778. The smallest absolute Gasteiger partial charge is 0.225 e. The maximum Gasteiger partial charge on any atom is 0.225 e. The van der Waals surface area contributed by atoms with Crippen molar-refractivity contribution >= 4 is 5.95 Å². The molecule has 5 heteroatoms. The van der Waals surface area contributed by atoms with Gasteiger partial charge in [-0.2, -0.15) is 0 Å². The van der Waals surface area contributed by atoms with E-state index in [0.29, 0.717) is 0 Å². The predicted octanol–water partition coefficient (Wildman–Crippen LogP) is 1.98. The standard InChI is InChI=1S/C18H30N4O/c1-17(2,23)9-11-22-10-5-7-18(13-22)8-6-14-12-19-16(21(3)4)20-15(14)18/h12,23H,5-11,13H2,1-4H3. The summed E-state index contributed by atoms with van der Waals surface area (Å²) < 4.78 is 0. The van der Waals surface area contributed by atoms with E-state index in [1.807, 2.05) is 39.0 Å². The molecule has 128 valence electrons. The highest BCUT2D eigenvalue weighted by Gasteiger charge is 2.43. The van der Waals surface area contributed by atoms with E-state index >= 15 is 0 Å². The van der Waals surface area contributed by atoms with Crippen molar-refractivity contribution in [3.8, 4) is 0 Å². The van der Waals surface area contributed by atoms with E-state index in [4.69, 9.17) is 4.98 Å². The molecule has 0 amide bonds. The second-order valence-electron chi connectivity index (χ2n) is 8.16. The van der Waals surface area contributed by atoms with Crippen molar-refractivity contribution in [2.24, 2.45) is 0 Å². The van der Waals surface area contributed by atoms with Gasteiger partial charge in [0.25, 0.3) is 0 Å². The van der Waals surface area contributed by atoms with E-state index in [0.717, 1.165) is 38.4 Å². The van der Waals surface area contributed by atoms with E-state index in [-0.39, 0.29) is 5.41 Å². The fourth-order valence-corrected chi connectivity index (χ4v) is 3.99. The Morgan fingerprint density at radius 2 is 2.13 bits per heavy atom. The molecule has 23 heavy (non-hydrogen) atoms. The summed E-state index contributed by atoms with van der Waals surface area (Å²) in [6, 6.07) is 0. The topological polar surface area (TPSA) is 52.5 Å². The molecular weight excluding hydrogens is 288 g/mol. The van der Waals surface area contributed by atoms with Gasteiger partial charge in [-0.1, -0.05) is 0 Å². The van der Waals surface area contributed by atoms with Crippen LogP contribution in [-0.4, -0.2) is 59.3 Å². The maximum atomic E-state index is 10.0. The molecular formula is C18H30N4O. The molecule has 5 nitrogen and oxygen atoms in total. The lowest BCUT2D eigenvalue weighted by Crippen LogP contribution is -2.46. The zero-order valence-electron chi connectivity index (χ0n) is 15.0. The Bertz CT molecular complexity index is 563. The van der Waals surface area contributed by atoms with E-state index < -0.39 is 5.60 Å². The predicted molar refractivity (Wildman–Crippen MR) is 92.9 cm³/mol. The molecule has 2 aliphatic rings. The summed E-state index contributed by atoms with van der Waals surface area (Å²) >= 11 is 0. The molecule has 0 saturated carbocycles. The Hall–Kier alpha value is -1.20. The first-order chi connectivity index (χ1) is 10.8. The monoisotopic (exact) mass is 318 g/mol. The Labute approximate surface area is 139 Å². The number of rotatable bonds is 4. The minimum atomic E-state index is -0.585. The first-order valence-electron chi connectivity index (χ1n) is 8.78. The highest BCUT2D eigenvalue weighted by atomic mass is 16.3. The Morgan fingerprint density at radius 1 is 1.35 bits per heavy atom. The van der Waals surface area contributed by atoms with Crippen molar-refractivity contribution in [2.45, 2.75) is 57.0 Å². The fourth-order valence-electron chi connectivity index (χ4n) is 3.99. The number of aliphatic hydroxyl groups is 1. The molecule has 1 saturated heterocycles. The van der Waals surface area contributed by atoms with Crippen molar-refractivity contribution in [3.63, 3.8) is 0 Å². The third kappa shape index (κ3) is 3.50. The zero-order valence-corrected chi connectivity index (χ0v) is 15.0. The minimum absolute atomic E-state index is 0.195. The molecule has 1 atom stereocenters. The quantitative estimate of drug-likeness (QED) is 0.920. The van der Waals surface area contributed by atoms with Crippen LogP contribution in [0.15, 0.2) is 6.20 Å². The van der Waals surface area contributed by atoms with Crippen molar-refractivity contribution in [3.05, 3.63) is 17.5 Å². The van der Waals surface area contributed by atoms with Crippen LogP contribution in [0, 0.1) is 0 Å². The van der Waals surface area contributed by atoms with Gasteiger partial charge in [0.05, 0.1) is 11.3 Å². The summed E-state index contributed by atoms with van der Waals surface area (Å²) in [6.07, 6.45) is 7.58. The van der Waals surface area contributed by atoms with Crippen molar-refractivity contribution in [2.75, 3.05) is 38.6 Å². The number of likely N-dealkylation sites (tertiary alicyclic amines) is 1. The lowest BCUT2D eigenvalue weighted by molar-refractivity contribution is 0.0468. The van der Waals surface area contributed by atoms with Gasteiger partial charge < -0.3 is 14.9 Å². The Kier molecular flexibility index (Phi) is 4.36.